The Balaban J connectivity index is 3.66. The Bertz CT molecular complexity index is 782. The third-order valence-electron chi connectivity index (χ3n) is 5.49. The predicted molar refractivity (Wildman–Crippen MR) is 112 cm³/mol. The number of aliphatic hydroxyl groups is 2. The molecule has 0 aliphatic heterocycles. The second-order valence-corrected chi connectivity index (χ2v) is 10.5. The van der Waals surface area contributed by atoms with Crippen molar-refractivity contribution in [3.63, 3.8) is 0 Å². The maximum Gasteiger partial charge on any atom is 0.317 e. The van der Waals surface area contributed by atoms with Gasteiger partial charge in [-0.1, -0.05) is 0 Å². The highest BCUT2D eigenvalue weighted by molar-refractivity contribution is 6.44. The molecule has 0 heterocycles. The summed E-state index contributed by atoms with van der Waals surface area (Å²) in [5.74, 6) is -14.2. The van der Waals surface area contributed by atoms with Gasteiger partial charge in [-0.25, -0.2) is 0 Å². The van der Waals surface area contributed by atoms with Gasteiger partial charge in [-0.3, -0.25) is 28.8 Å². The number of carbonyl (C=O) groups excluding carboxylic acids is 4. The zero-order valence-electron chi connectivity index (χ0n) is 19.8. The molecule has 4 N–H and O–H groups in total. The van der Waals surface area contributed by atoms with Crippen LogP contribution in [0.2, 0.25) is 0 Å². The van der Waals surface area contributed by atoms with Gasteiger partial charge >= 0.3 is 11.9 Å². The lowest BCUT2D eigenvalue weighted by Gasteiger charge is -2.34. The van der Waals surface area contributed by atoms with Crippen LogP contribution in [0.3, 0.4) is 0 Å². The first-order valence-electron chi connectivity index (χ1n) is 10.3. The molecule has 186 valence electrons. The molecule has 0 aromatic carbocycles. The Hall–Kier alpha value is -2.54. The van der Waals surface area contributed by atoms with Gasteiger partial charge in [0.25, 0.3) is 0 Å². The van der Waals surface area contributed by atoms with Crippen molar-refractivity contribution >= 4 is 35.1 Å². The normalized spacial score (nSPS) is 20.1. The van der Waals surface area contributed by atoms with Gasteiger partial charge in [-0.05, 0) is 0 Å². The summed E-state index contributed by atoms with van der Waals surface area (Å²) in [5, 5.41) is 40.3. The molecule has 1 aliphatic rings. The van der Waals surface area contributed by atoms with Gasteiger partial charge in [0, 0.05) is 12.8 Å². The quantitative estimate of drug-likeness (QED) is 0.175. The Morgan fingerprint density at radius 2 is 1.00 bits per heavy atom. The van der Waals surface area contributed by atoms with Crippen LogP contribution in [0.4, 0.5) is 0 Å². The summed E-state index contributed by atoms with van der Waals surface area (Å²) in [5.41, 5.74) is -3.20. The number of carboxylic acid groups (broad SMARTS) is 2. The maximum absolute atomic E-state index is 13.4. The summed E-state index contributed by atoms with van der Waals surface area (Å²) in [7, 11) is 9.59. The van der Waals surface area contributed by atoms with Crippen LogP contribution in [-0.2, 0) is 28.8 Å². The molecule has 0 saturated heterocycles. The van der Waals surface area contributed by atoms with Crippen molar-refractivity contribution in [2.45, 2.75) is 25.0 Å². The fourth-order valence-corrected chi connectivity index (χ4v) is 4.13. The summed E-state index contributed by atoms with van der Waals surface area (Å²) < 4.78 is 0.0298. The van der Waals surface area contributed by atoms with Gasteiger partial charge < -0.3 is 29.4 Å². The molecule has 1 aliphatic carbocycles. The van der Waals surface area contributed by atoms with E-state index in [9.17, 15) is 49.2 Å². The predicted octanol–water partition coefficient (Wildman–Crippen LogP) is -2.42. The van der Waals surface area contributed by atoms with Crippen molar-refractivity contribution < 1.29 is 58.2 Å². The molecule has 0 radical (unpaired) electrons. The van der Waals surface area contributed by atoms with Crippen LogP contribution in [-0.4, -0.2) is 132 Å². The first-order valence-corrected chi connectivity index (χ1v) is 10.3. The van der Waals surface area contributed by atoms with Crippen molar-refractivity contribution in [1.82, 2.24) is 0 Å². The first kappa shape index (κ1) is 28.5. The fourth-order valence-electron chi connectivity index (χ4n) is 4.13. The minimum Gasteiger partial charge on any atom is -0.481 e. The van der Waals surface area contributed by atoms with Crippen LogP contribution in [0.1, 0.15) is 12.8 Å². The number of Topliss-reactive ketones (excluding diaryl/α,β-unsaturated/α-hetero) is 4. The molecule has 0 amide bonds. The number of nitrogens with zero attached hydrogens (tertiary/aromatic N) is 2. The second-order valence-electron chi connectivity index (χ2n) is 10.5. The molecule has 0 bridgehead atoms. The van der Waals surface area contributed by atoms with Gasteiger partial charge in [0.2, 0.25) is 5.41 Å². The lowest BCUT2D eigenvalue weighted by Crippen LogP contribution is -2.60. The van der Waals surface area contributed by atoms with Crippen LogP contribution in [0.5, 0.6) is 0 Å². The molecule has 0 spiro atoms. The molecule has 12 nitrogen and oxygen atoms in total. The topological polar surface area (TPSA) is 183 Å². The number of rotatable bonds is 12. The van der Waals surface area contributed by atoms with E-state index in [4.69, 9.17) is 0 Å². The van der Waals surface area contributed by atoms with E-state index < -0.39 is 77.4 Å². The van der Waals surface area contributed by atoms with E-state index in [1.54, 1.807) is 42.3 Å². The van der Waals surface area contributed by atoms with Crippen LogP contribution < -0.4 is 0 Å². The Morgan fingerprint density at radius 1 is 0.727 bits per heavy atom. The van der Waals surface area contributed by atoms with E-state index in [1.807, 2.05) is 0 Å². The summed E-state index contributed by atoms with van der Waals surface area (Å²) in [6.07, 6.45) is -4.88. The second kappa shape index (κ2) is 9.75. The summed E-state index contributed by atoms with van der Waals surface area (Å²) in [6.45, 7) is -0.552. The van der Waals surface area contributed by atoms with Gasteiger partial charge in [-0.15, -0.1) is 0 Å². The van der Waals surface area contributed by atoms with E-state index in [0.29, 0.717) is 0 Å². The smallest absolute Gasteiger partial charge is 0.317 e. The van der Waals surface area contributed by atoms with E-state index in [-0.39, 0.29) is 22.1 Å². The van der Waals surface area contributed by atoms with Crippen molar-refractivity contribution in [3.8, 4) is 0 Å². The monoisotopic (exact) mass is 474 g/mol. The number of aliphatic carboxylic acids is 2. The molecule has 0 aromatic heterocycles. The van der Waals surface area contributed by atoms with Crippen LogP contribution in [0, 0.1) is 17.3 Å². The Kier molecular flexibility index (Phi) is 8.42. The van der Waals surface area contributed by atoms with E-state index in [0.717, 1.165) is 0 Å². The van der Waals surface area contributed by atoms with Crippen molar-refractivity contribution in [1.29, 1.82) is 0 Å². The zero-order chi connectivity index (χ0) is 26.1. The van der Waals surface area contributed by atoms with Crippen LogP contribution in [0.15, 0.2) is 0 Å². The van der Waals surface area contributed by atoms with E-state index >= 15 is 0 Å². The molecule has 1 fully saturated rings. The molecule has 33 heavy (non-hydrogen) atoms. The Morgan fingerprint density at radius 3 is 1.21 bits per heavy atom. The lowest BCUT2D eigenvalue weighted by molar-refractivity contribution is -0.873. The molecule has 1 rings (SSSR count). The lowest BCUT2D eigenvalue weighted by atomic mass is 9.66. The summed E-state index contributed by atoms with van der Waals surface area (Å²) >= 11 is 0. The maximum atomic E-state index is 13.4. The number of aliphatic hydroxyl groups excluding tert-OH is 2. The number of quaternary nitrogens is 2. The number of ketones is 4. The summed E-state index contributed by atoms with van der Waals surface area (Å²) in [6, 6.07) is 0. The molecule has 4 atom stereocenters. The highest BCUT2D eigenvalue weighted by atomic mass is 16.4. The van der Waals surface area contributed by atoms with E-state index in [2.05, 4.69) is 0 Å². The van der Waals surface area contributed by atoms with Crippen molar-refractivity contribution in [2.24, 2.45) is 17.3 Å². The number of hydrogen-bond donors (Lipinski definition) is 4. The Labute approximate surface area is 191 Å². The minimum atomic E-state index is -3.20. The van der Waals surface area contributed by atoms with E-state index in [1.165, 1.54) is 0 Å². The average molecular weight is 475 g/mol. The summed E-state index contributed by atoms with van der Waals surface area (Å²) in [4.78, 5) is 76.4. The zero-order valence-corrected chi connectivity index (χ0v) is 19.8. The number of likely N-dealkylation sites (N-methyl/N-ethyl adjacent to an activating group) is 2. The standard InChI is InChI=1S/C21H32N2O10/c1-22(2,3)9-11(24)15(19(30)31)17(28)21(13(26)7-8-14(21)27)18(29)16(20(32)33)12(25)10-23(4,5)6/h11-12,15-16,24-25H,7-10H2,1-6H3/p+2. The molecular formula is C21H34N2O10+2. The molecule has 4 unspecified atom stereocenters. The van der Waals surface area contributed by atoms with Gasteiger partial charge in [0.1, 0.15) is 37.1 Å². The third-order valence-corrected chi connectivity index (χ3v) is 5.49. The fraction of sp³-hybridized carbons (Fsp3) is 0.714. The highest BCUT2D eigenvalue weighted by Gasteiger charge is 2.66. The van der Waals surface area contributed by atoms with Gasteiger partial charge in [0.15, 0.2) is 23.1 Å². The van der Waals surface area contributed by atoms with Crippen molar-refractivity contribution in [3.05, 3.63) is 0 Å². The highest BCUT2D eigenvalue weighted by Crippen LogP contribution is 2.40. The average Bonchev–Trinajstić information content (AvgIpc) is 2.86. The van der Waals surface area contributed by atoms with Crippen LogP contribution in [0.25, 0.3) is 0 Å². The molecular weight excluding hydrogens is 440 g/mol. The minimum absolute atomic E-state index is 0.0149. The number of hydrogen-bond acceptors (Lipinski definition) is 8. The molecule has 0 aromatic rings. The SMILES string of the molecule is C[N+](C)(C)CC(O)C(C(=O)O)C(=O)C1(C(=O)C(C(=O)O)C(O)C[N+](C)(C)C)C(=O)CCC1=O. The number of carboxylic acids is 2. The largest absolute Gasteiger partial charge is 0.481 e. The van der Waals surface area contributed by atoms with Gasteiger partial charge in [-0.2, -0.15) is 0 Å². The third kappa shape index (κ3) is 6.08. The molecule has 12 heteroatoms. The molecule has 1 saturated carbocycles. The first-order chi connectivity index (χ1) is 14.8. The van der Waals surface area contributed by atoms with Gasteiger partial charge in [0.05, 0.1) is 42.3 Å². The van der Waals surface area contributed by atoms with Crippen molar-refractivity contribution in [2.75, 3.05) is 55.4 Å². The number of carbonyl (C=O) groups is 6. The van der Waals surface area contributed by atoms with Crippen LogP contribution >= 0.6 is 0 Å².